The van der Waals surface area contributed by atoms with Gasteiger partial charge in [0.1, 0.15) is 11.6 Å². The predicted octanol–water partition coefficient (Wildman–Crippen LogP) is 5.28. The van der Waals surface area contributed by atoms with Crippen LogP contribution in [0, 0.1) is 0 Å². The molecule has 2 aromatic carbocycles. The molecule has 0 spiro atoms. The van der Waals surface area contributed by atoms with E-state index in [0.29, 0.717) is 12.2 Å². The van der Waals surface area contributed by atoms with Crippen LogP contribution in [0.25, 0.3) is 11.3 Å². The number of hydrogen-bond acceptors (Lipinski definition) is 4. The van der Waals surface area contributed by atoms with Gasteiger partial charge in [0.2, 0.25) is 0 Å². The zero-order valence-corrected chi connectivity index (χ0v) is 15.9. The van der Waals surface area contributed by atoms with Crippen LogP contribution < -0.4 is 10.5 Å². The van der Waals surface area contributed by atoms with Crippen LogP contribution in [0.4, 0.5) is 5.82 Å². The number of anilines is 1. The molecule has 0 aliphatic heterocycles. The van der Waals surface area contributed by atoms with Crippen LogP contribution in [-0.2, 0) is 6.42 Å². The summed E-state index contributed by atoms with van der Waals surface area (Å²) in [5.74, 6) is 1.37. The van der Waals surface area contributed by atoms with E-state index in [9.17, 15) is 0 Å². The molecule has 0 saturated heterocycles. The van der Waals surface area contributed by atoms with Crippen molar-refractivity contribution in [3.05, 3.63) is 72.1 Å². The third-order valence-corrected chi connectivity index (χ3v) is 4.51. The van der Waals surface area contributed by atoms with Gasteiger partial charge in [0.25, 0.3) is 0 Å². The fraction of sp³-hybridized carbons (Fsp3) is 0.304. The lowest BCUT2D eigenvalue weighted by molar-refractivity contribution is 0.305. The summed E-state index contributed by atoms with van der Waals surface area (Å²) in [6, 6.07) is 18.2. The van der Waals surface area contributed by atoms with E-state index in [1.165, 1.54) is 24.8 Å². The molecule has 0 fully saturated rings. The van der Waals surface area contributed by atoms with E-state index < -0.39 is 0 Å². The number of hydrogen-bond donors (Lipinski definition) is 1. The molecule has 2 N–H and O–H groups in total. The second-order valence-corrected chi connectivity index (χ2v) is 6.68. The Morgan fingerprint density at radius 1 is 0.926 bits per heavy atom. The van der Waals surface area contributed by atoms with E-state index in [0.717, 1.165) is 35.7 Å². The first-order valence-corrected chi connectivity index (χ1v) is 9.65. The molecule has 1 heterocycles. The molecule has 27 heavy (non-hydrogen) atoms. The Bertz CT molecular complexity index is 832. The zero-order chi connectivity index (χ0) is 18.9. The molecular weight excluding hydrogens is 334 g/mol. The van der Waals surface area contributed by atoms with Gasteiger partial charge in [-0.15, -0.1) is 0 Å². The van der Waals surface area contributed by atoms with Gasteiger partial charge in [0, 0.05) is 12.0 Å². The average molecular weight is 361 g/mol. The molecule has 0 radical (unpaired) electrons. The van der Waals surface area contributed by atoms with Crippen LogP contribution >= 0.6 is 0 Å². The minimum Gasteiger partial charge on any atom is -0.494 e. The summed E-state index contributed by atoms with van der Waals surface area (Å²) in [5, 5.41) is 0. The van der Waals surface area contributed by atoms with Crippen LogP contribution in [0.3, 0.4) is 0 Å². The normalized spacial score (nSPS) is 10.7. The van der Waals surface area contributed by atoms with Crippen LogP contribution in [0.5, 0.6) is 5.75 Å². The number of ether oxygens (including phenoxy) is 1. The third-order valence-electron chi connectivity index (χ3n) is 4.51. The van der Waals surface area contributed by atoms with Gasteiger partial charge >= 0.3 is 0 Å². The largest absolute Gasteiger partial charge is 0.494 e. The molecule has 3 rings (SSSR count). The lowest BCUT2D eigenvalue weighted by Gasteiger charge is -2.09. The summed E-state index contributed by atoms with van der Waals surface area (Å²) >= 11 is 0. The molecule has 0 unspecified atom stereocenters. The van der Waals surface area contributed by atoms with Gasteiger partial charge in [-0.2, -0.15) is 0 Å². The highest BCUT2D eigenvalue weighted by Crippen LogP contribution is 2.23. The van der Waals surface area contributed by atoms with E-state index >= 15 is 0 Å². The molecule has 4 heteroatoms. The maximum Gasteiger partial charge on any atom is 0.145 e. The molecule has 0 aliphatic carbocycles. The standard InChI is InChI=1S/C23H27N3O/c1-2-3-4-8-15-27-20-13-11-19(12-14-20)22-17-25-23(24)21(26-22)16-18-9-6-5-7-10-18/h5-7,9-14,17H,2-4,8,15-16H2,1H3,(H2,24,25). The van der Waals surface area contributed by atoms with Gasteiger partial charge in [0.15, 0.2) is 0 Å². The first-order valence-electron chi connectivity index (χ1n) is 9.65. The average Bonchev–Trinajstić information content (AvgIpc) is 2.71. The van der Waals surface area contributed by atoms with Crippen molar-refractivity contribution >= 4 is 5.82 Å². The van der Waals surface area contributed by atoms with Crippen molar-refractivity contribution in [1.29, 1.82) is 0 Å². The fourth-order valence-electron chi connectivity index (χ4n) is 2.94. The highest BCUT2D eigenvalue weighted by Gasteiger charge is 2.08. The van der Waals surface area contributed by atoms with Crippen molar-refractivity contribution in [3.8, 4) is 17.0 Å². The maximum atomic E-state index is 6.04. The van der Waals surface area contributed by atoms with Crippen molar-refractivity contribution in [3.63, 3.8) is 0 Å². The Morgan fingerprint density at radius 2 is 1.70 bits per heavy atom. The summed E-state index contributed by atoms with van der Waals surface area (Å²) in [5.41, 5.74) is 9.84. The SMILES string of the molecule is CCCCCCOc1ccc(-c2cnc(N)c(Cc3ccccc3)n2)cc1. The first kappa shape index (κ1) is 18.9. The van der Waals surface area contributed by atoms with Crippen LogP contribution in [0.1, 0.15) is 43.9 Å². The Balaban J connectivity index is 1.66. The molecule has 4 nitrogen and oxygen atoms in total. The summed E-state index contributed by atoms with van der Waals surface area (Å²) in [6.07, 6.45) is 7.23. The van der Waals surface area contributed by atoms with Gasteiger partial charge in [-0.3, -0.25) is 0 Å². The smallest absolute Gasteiger partial charge is 0.145 e. The van der Waals surface area contributed by atoms with Crippen LogP contribution in [0.2, 0.25) is 0 Å². The van der Waals surface area contributed by atoms with E-state index in [4.69, 9.17) is 15.5 Å². The van der Waals surface area contributed by atoms with Gasteiger partial charge < -0.3 is 10.5 Å². The van der Waals surface area contributed by atoms with Crippen molar-refractivity contribution < 1.29 is 4.74 Å². The molecule has 0 aliphatic rings. The Labute approximate surface area is 161 Å². The van der Waals surface area contributed by atoms with E-state index in [1.807, 2.05) is 42.5 Å². The molecule has 0 atom stereocenters. The summed E-state index contributed by atoms with van der Waals surface area (Å²) in [4.78, 5) is 9.07. The monoisotopic (exact) mass is 361 g/mol. The van der Waals surface area contributed by atoms with E-state index in [-0.39, 0.29) is 0 Å². The fourth-order valence-corrected chi connectivity index (χ4v) is 2.94. The highest BCUT2D eigenvalue weighted by atomic mass is 16.5. The molecule has 1 aromatic heterocycles. The number of benzene rings is 2. The van der Waals surface area contributed by atoms with Gasteiger partial charge in [-0.1, -0.05) is 56.5 Å². The third kappa shape index (κ3) is 5.55. The Morgan fingerprint density at radius 3 is 2.44 bits per heavy atom. The number of nitrogens with two attached hydrogens (primary N) is 1. The van der Waals surface area contributed by atoms with Gasteiger partial charge in [-0.05, 0) is 36.2 Å². The van der Waals surface area contributed by atoms with Crippen LogP contribution in [0.15, 0.2) is 60.8 Å². The van der Waals surface area contributed by atoms with E-state index in [2.05, 4.69) is 24.0 Å². The second-order valence-electron chi connectivity index (χ2n) is 6.68. The molecule has 140 valence electrons. The molecule has 3 aromatic rings. The zero-order valence-electron chi connectivity index (χ0n) is 15.9. The quantitative estimate of drug-likeness (QED) is 0.527. The van der Waals surface area contributed by atoms with Crippen molar-refractivity contribution in [2.75, 3.05) is 12.3 Å². The minimum atomic E-state index is 0.481. The van der Waals surface area contributed by atoms with Crippen molar-refractivity contribution in [2.24, 2.45) is 0 Å². The number of aromatic nitrogens is 2. The summed E-state index contributed by atoms with van der Waals surface area (Å²) < 4.78 is 5.81. The van der Waals surface area contributed by atoms with Crippen molar-refractivity contribution in [1.82, 2.24) is 9.97 Å². The summed E-state index contributed by atoms with van der Waals surface area (Å²) in [6.45, 7) is 2.98. The predicted molar refractivity (Wildman–Crippen MR) is 111 cm³/mol. The number of rotatable bonds is 9. The topological polar surface area (TPSA) is 61.0 Å². The number of unbranched alkanes of at least 4 members (excludes halogenated alkanes) is 3. The molecule has 0 bridgehead atoms. The number of nitrogen functional groups attached to an aromatic ring is 1. The summed E-state index contributed by atoms with van der Waals surface area (Å²) in [7, 11) is 0. The minimum absolute atomic E-state index is 0.481. The second kappa shape index (κ2) is 9.72. The van der Waals surface area contributed by atoms with Crippen LogP contribution in [-0.4, -0.2) is 16.6 Å². The van der Waals surface area contributed by atoms with Gasteiger partial charge in [-0.25, -0.2) is 9.97 Å². The number of nitrogens with zero attached hydrogens (tertiary/aromatic N) is 2. The van der Waals surface area contributed by atoms with E-state index in [1.54, 1.807) is 6.20 Å². The molecule has 0 saturated carbocycles. The molecule has 0 amide bonds. The van der Waals surface area contributed by atoms with Gasteiger partial charge in [0.05, 0.1) is 24.2 Å². The lowest BCUT2D eigenvalue weighted by atomic mass is 10.1. The maximum absolute atomic E-state index is 6.04. The first-order chi connectivity index (χ1) is 13.3. The highest BCUT2D eigenvalue weighted by molar-refractivity contribution is 5.60. The Hall–Kier alpha value is -2.88. The van der Waals surface area contributed by atoms with Crippen molar-refractivity contribution in [2.45, 2.75) is 39.0 Å². The Kier molecular flexibility index (Phi) is 6.80. The molecular formula is C23H27N3O. The lowest BCUT2D eigenvalue weighted by Crippen LogP contribution is -2.03.